The van der Waals surface area contributed by atoms with Gasteiger partial charge < -0.3 is 10.1 Å². The molecule has 1 heterocycles. The number of rotatable bonds is 3. The largest absolute Gasteiger partial charge is 0.488 e. The second-order valence-electron chi connectivity index (χ2n) is 4.03. The van der Waals surface area contributed by atoms with E-state index in [1.165, 1.54) is 0 Å². The van der Waals surface area contributed by atoms with Crippen LogP contribution >= 0.6 is 11.8 Å². The van der Waals surface area contributed by atoms with Gasteiger partial charge in [0.05, 0.1) is 0 Å². The summed E-state index contributed by atoms with van der Waals surface area (Å²) < 4.78 is 5.92. The number of nitriles is 1. The first-order valence-electron chi connectivity index (χ1n) is 5.79. The highest BCUT2D eigenvalue weighted by Gasteiger charge is 2.17. The van der Waals surface area contributed by atoms with Crippen LogP contribution in [0.25, 0.3) is 0 Å². The second-order valence-corrected chi connectivity index (χ2v) is 4.88. The van der Waals surface area contributed by atoms with Crippen LogP contribution in [0.5, 0.6) is 5.75 Å². The second kappa shape index (κ2) is 5.95. The first-order chi connectivity index (χ1) is 8.35. The van der Waals surface area contributed by atoms with Gasteiger partial charge in [0, 0.05) is 11.4 Å². The van der Waals surface area contributed by atoms with Crippen molar-refractivity contribution in [2.75, 3.05) is 19.3 Å². The van der Waals surface area contributed by atoms with E-state index in [4.69, 9.17) is 4.74 Å². The molecule has 0 amide bonds. The van der Waals surface area contributed by atoms with Crippen LogP contribution in [-0.4, -0.2) is 25.4 Å². The molecule has 1 aliphatic rings. The summed E-state index contributed by atoms with van der Waals surface area (Å²) in [5, 5.41) is 12.5. The average molecular weight is 248 g/mol. The molecule has 2 rings (SSSR count). The number of hydrogen-bond donors (Lipinski definition) is 1. The van der Waals surface area contributed by atoms with Gasteiger partial charge in [-0.25, -0.2) is 0 Å². The molecule has 0 radical (unpaired) electrons. The summed E-state index contributed by atoms with van der Waals surface area (Å²) in [6.07, 6.45) is 4.35. The highest BCUT2D eigenvalue weighted by molar-refractivity contribution is 7.98. The van der Waals surface area contributed by atoms with E-state index in [-0.39, 0.29) is 6.10 Å². The predicted molar refractivity (Wildman–Crippen MR) is 69.5 cm³/mol. The Morgan fingerprint density at radius 1 is 1.53 bits per heavy atom. The minimum absolute atomic E-state index is 0.188. The lowest BCUT2D eigenvalue weighted by atomic mass is 10.1. The first-order valence-corrected chi connectivity index (χ1v) is 7.02. The van der Waals surface area contributed by atoms with Crippen LogP contribution in [0.3, 0.4) is 0 Å². The van der Waals surface area contributed by atoms with Crippen molar-refractivity contribution in [2.24, 2.45) is 0 Å². The van der Waals surface area contributed by atoms with E-state index in [9.17, 15) is 5.26 Å². The third-order valence-electron chi connectivity index (χ3n) is 2.87. The summed E-state index contributed by atoms with van der Waals surface area (Å²) in [7, 11) is 0. The molecule has 4 heteroatoms. The maximum atomic E-state index is 9.20. The van der Waals surface area contributed by atoms with Crippen molar-refractivity contribution in [2.45, 2.75) is 23.8 Å². The first kappa shape index (κ1) is 12.3. The van der Waals surface area contributed by atoms with Crippen molar-refractivity contribution >= 4 is 11.8 Å². The summed E-state index contributed by atoms with van der Waals surface area (Å²) in [6.45, 7) is 1.93. The van der Waals surface area contributed by atoms with E-state index >= 15 is 0 Å². The lowest BCUT2D eigenvalue weighted by Gasteiger charge is -2.24. The van der Waals surface area contributed by atoms with Crippen LogP contribution in [-0.2, 0) is 0 Å². The summed E-state index contributed by atoms with van der Waals surface area (Å²) >= 11 is 1.58. The highest BCUT2D eigenvalue weighted by atomic mass is 32.2. The van der Waals surface area contributed by atoms with Gasteiger partial charge in [-0.2, -0.15) is 5.26 Å². The minimum atomic E-state index is 0.188. The maximum Gasteiger partial charge on any atom is 0.138 e. The summed E-state index contributed by atoms with van der Waals surface area (Å²) in [6, 6.07) is 8.02. The summed E-state index contributed by atoms with van der Waals surface area (Å²) in [4.78, 5) is 0.980. The third-order valence-corrected chi connectivity index (χ3v) is 3.65. The van der Waals surface area contributed by atoms with Crippen molar-refractivity contribution in [3.05, 3.63) is 23.8 Å². The zero-order valence-electron chi connectivity index (χ0n) is 9.90. The molecule has 17 heavy (non-hydrogen) atoms. The summed E-state index contributed by atoms with van der Waals surface area (Å²) in [5.41, 5.74) is 0.658. The molecule has 0 saturated carbocycles. The molecule has 0 aromatic heterocycles. The molecule has 0 spiro atoms. The van der Waals surface area contributed by atoms with Gasteiger partial charge in [0.2, 0.25) is 0 Å². The molecule has 1 atom stereocenters. The Kier molecular flexibility index (Phi) is 4.29. The van der Waals surface area contributed by atoms with Crippen LogP contribution in [0.4, 0.5) is 0 Å². The third kappa shape index (κ3) is 2.93. The average Bonchev–Trinajstić information content (AvgIpc) is 2.39. The fourth-order valence-corrected chi connectivity index (χ4v) is 2.55. The SMILES string of the molecule is CSc1cccc(OC2CCCNC2)c1C#N. The van der Waals surface area contributed by atoms with Gasteiger partial charge in [0.25, 0.3) is 0 Å². The normalized spacial score (nSPS) is 19.6. The van der Waals surface area contributed by atoms with Gasteiger partial charge >= 0.3 is 0 Å². The molecule has 1 aromatic rings. The zero-order chi connectivity index (χ0) is 12.1. The lowest BCUT2D eigenvalue weighted by Crippen LogP contribution is -2.37. The molecule has 1 unspecified atom stereocenters. The van der Waals surface area contributed by atoms with Crippen molar-refractivity contribution in [3.8, 4) is 11.8 Å². The fraction of sp³-hybridized carbons (Fsp3) is 0.462. The van der Waals surface area contributed by atoms with E-state index in [1.54, 1.807) is 11.8 Å². The topological polar surface area (TPSA) is 45.0 Å². The molecular weight excluding hydrogens is 232 g/mol. The Bertz CT molecular complexity index is 422. The lowest BCUT2D eigenvalue weighted by molar-refractivity contribution is 0.166. The Morgan fingerprint density at radius 3 is 3.06 bits per heavy atom. The number of benzene rings is 1. The predicted octanol–water partition coefficient (Wildman–Crippen LogP) is 2.41. The van der Waals surface area contributed by atoms with E-state index in [0.29, 0.717) is 11.3 Å². The maximum absolute atomic E-state index is 9.20. The Hall–Kier alpha value is -1.18. The number of piperidine rings is 1. The van der Waals surface area contributed by atoms with Crippen LogP contribution in [0.1, 0.15) is 18.4 Å². The molecule has 1 fully saturated rings. The molecule has 3 nitrogen and oxygen atoms in total. The van der Waals surface area contributed by atoms with Crippen molar-refractivity contribution < 1.29 is 4.74 Å². The van der Waals surface area contributed by atoms with Gasteiger partial charge in [-0.1, -0.05) is 6.07 Å². The van der Waals surface area contributed by atoms with Crippen molar-refractivity contribution in [1.29, 1.82) is 5.26 Å². The molecule has 1 aromatic carbocycles. The number of nitrogens with one attached hydrogen (secondary N) is 1. The van der Waals surface area contributed by atoms with Gasteiger partial charge in [-0.3, -0.25) is 0 Å². The molecule has 1 aliphatic heterocycles. The number of hydrogen-bond acceptors (Lipinski definition) is 4. The highest BCUT2D eigenvalue weighted by Crippen LogP contribution is 2.29. The van der Waals surface area contributed by atoms with Gasteiger partial charge in [0.15, 0.2) is 0 Å². The monoisotopic (exact) mass is 248 g/mol. The van der Waals surface area contributed by atoms with E-state index in [2.05, 4.69) is 11.4 Å². The Balaban J connectivity index is 2.17. The number of nitrogens with zero attached hydrogens (tertiary/aromatic N) is 1. The van der Waals surface area contributed by atoms with E-state index in [1.807, 2.05) is 24.5 Å². The molecular formula is C13H16N2OS. The molecule has 0 aliphatic carbocycles. The fourth-order valence-electron chi connectivity index (χ4n) is 1.99. The van der Waals surface area contributed by atoms with Gasteiger partial charge in [0.1, 0.15) is 23.5 Å². The quantitative estimate of drug-likeness (QED) is 0.834. The molecule has 1 saturated heterocycles. The van der Waals surface area contributed by atoms with Crippen molar-refractivity contribution in [3.63, 3.8) is 0 Å². The minimum Gasteiger partial charge on any atom is -0.488 e. The summed E-state index contributed by atoms with van der Waals surface area (Å²) in [5.74, 6) is 0.716. The molecule has 1 N–H and O–H groups in total. The standard InChI is InChI=1S/C13H16N2OS/c1-17-13-6-2-5-12(11(13)8-14)16-10-4-3-7-15-9-10/h2,5-6,10,15H,3-4,7,9H2,1H3. The van der Waals surface area contributed by atoms with Crippen LogP contribution < -0.4 is 10.1 Å². The van der Waals surface area contributed by atoms with Gasteiger partial charge in [-0.05, 0) is 37.8 Å². The zero-order valence-corrected chi connectivity index (χ0v) is 10.7. The molecule has 0 bridgehead atoms. The van der Waals surface area contributed by atoms with Crippen LogP contribution in [0, 0.1) is 11.3 Å². The van der Waals surface area contributed by atoms with Gasteiger partial charge in [-0.15, -0.1) is 11.8 Å². The van der Waals surface area contributed by atoms with Crippen LogP contribution in [0.2, 0.25) is 0 Å². The van der Waals surface area contributed by atoms with Crippen molar-refractivity contribution in [1.82, 2.24) is 5.32 Å². The van der Waals surface area contributed by atoms with E-state index in [0.717, 1.165) is 30.8 Å². The molecule has 90 valence electrons. The Labute approximate surface area is 106 Å². The number of ether oxygens (including phenoxy) is 1. The Morgan fingerprint density at radius 2 is 2.41 bits per heavy atom. The smallest absolute Gasteiger partial charge is 0.138 e. The number of thioether (sulfide) groups is 1. The van der Waals surface area contributed by atoms with Crippen LogP contribution in [0.15, 0.2) is 23.1 Å². The van der Waals surface area contributed by atoms with E-state index < -0.39 is 0 Å².